The molecule has 23 heavy (non-hydrogen) atoms. The number of hydrogen-bond donors (Lipinski definition) is 1. The highest BCUT2D eigenvalue weighted by Gasteiger charge is 2.09. The van der Waals surface area contributed by atoms with Crippen LogP contribution >= 0.6 is 0 Å². The molecule has 0 fully saturated rings. The summed E-state index contributed by atoms with van der Waals surface area (Å²) in [5, 5.41) is 3.35. The quantitative estimate of drug-likeness (QED) is 0.696. The zero-order chi connectivity index (χ0) is 16.5. The highest BCUT2D eigenvalue weighted by atomic mass is 15.2. The van der Waals surface area contributed by atoms with Gasteiger partial charge in [0, 0.05) is 31.4 Å². The average molecular weight is 312 g/mol. The second-order valence-electron chi connectivity index (χ2n) is 5.82. The maximum Gasteiger partial charge on any atom is 0.224 e. The Bertz CT molecular complexity index is 583. The molecule has 1 aromatic heterocycles. The van der Waals surface area contributed by atoms with E-state index in [1.807, 2.05) is 13.0 Å². The van der Waals surface area contributed by atoms with Crippen LogP contribution in [-0.2, 0) is 6.54 Å². The first-order valence-electron chi connectivity index (χ1n) is 8.61. The number of benzene rings is 1. The Morgan fingerprint density at radius 3 is 2.52 bits per heavy atom. The van der Waals surface area contributed by atoms with Crippen molar-refractivity contribution in [3.8, 4) is 0 Å². The van der Waals surface area contributed by atoms with Crippen LogP contribution in [-0.4, -0.2) is 23.1 Å². The van der Waals surface area contributed by atoms with E-state index in [2.05, 4.69) is 59.4 Å². The summed E-state index contributed by atoms with van der Waals surface area (Å²) in [7, 11) is 0. The summed E-state index contributed by atoms with van der Waals surface area (Å²) in [5.41, 5.74) is 2.29. The number of hydrogen-bond acceptors (Lipinski definition) is 4. The molecule has 0 aliphatic heterocycles. The van der Waals surface area contributed by atoms with Crippen molar-refractivity contribution >= 4 is 11.8 Å². The van der Waals surface area contributed by atoms with E-state index in [1.54, 1.807) is 0 Å². The lowest BCUT2D eigenvalue weighted by Gasteiger charge is -2.23. The van der Waals surface area contributed by atoms with Crippen molar-refractivity contribution < 1.29 is 0 Å². The Morgan fingerprint density at radius 1 is 1.04 bits per heavy atom. The third-order valence-electron chi connectivity index (χ3n) is 3.83. The molecule has 1 N–H and O–H groups in total. The predicted octanol–water partition coefficient (Wildman–Crippen LogP) is 4.41. The number of aromatic nitrogens is 2. The van der Waals surface area contributed by atoms with Crippen LogP contribution in [0.25, 0.3) is 0 Å². The normalized spacial score (nSPS) is 10.6. The zero-order valence-corrected chi connectivity index (χ0v) is 14.5. The molecule has 0 spiro atoms. The zero-order valence-electron chi connectivity index (χ0n) is 14.5. The molecule has 0 saturated heterocycles. The Hall–Kier alpha value is -2.10. The monoisotopic (exact) mass is 312 g/mol. The number of nitrogens with zero attached hydrogens (tertiary/aromatic N) is 3. The number of unbranched alkanes of at least 4 members (excludes halogenated alkanes) is 2. The van der Waals surface area contributed by atoms with Gasteiger partial charge in [0.1, 0.15) is 5.82 Å². The predicted molar refractivity (Wildman–Crippen MR) is 97.9 cm³/mol. The van der Waals surface area contributed by atoms with Gasteiger partial charge in [-0.1, -0.05) is 50.1 Å². The SMILES string of the molecule is CCCCCNc1nc(C)cc(N(CC)Cc2ccccc2)n1. The van der Waals surface area contributed by atoms with Crippen LogP contribution in [0.2, 0.25) is 0 Å². The largest absolute Gasteiger partial charge is 0.354 e. The topological polar surface area (TPSA) is 41.1 Å². The molecular formula is C19H28N4. The van der Waals surface area contributed by atoms with E-state index >= 15 is 0 Å². The van der Waals surface area contributed by atoms with E-state index in [0.29, 0.717) is 0 Å². The molecule has 0 unspecified atom stereocenters. The smallest absolute Gasteiger partial charge is 0.224 e. The van der Waals surface area contributed by atoms with Gasteiger partial charge in [0.15, 0.2) is 0 Å². The maximum absolute atomic E-state index is 4.70. The number of nitrogens with one attached hydrogen (secondary N) is 1. The fourth-order valence-corrected chi connectivity index (χ4v) is 2.53. The Morgan fingerprint density at radius 2 is 1.83 bits per heavy atom. The molecule has 124 valence electrons. The average Bonchev–Trinajstić information content (AvgIpc) is 2.57. The lowest BCUT2D eigenvalue weighted by molar-refractivity contribution is 0.739. The van der Waals surface area contributed by atoms with E-state index in [4.69, 9.17) is 4.98 Å². The standard InChI is InChI=1S/C19H28N4/c1-4-6-10-13-20-19-21-16(3)14-18(22-19)23(5-2)15-17-11-8-7-9-12-17/h7-9,11-12,14H,4-6,10,13,15H2,1-3H3,(H,20,21,22). The van der Waals surface area contributed by atoms with Gasteiger partial charge < -0.3 is 10.2 Å². The first-order chi connectivity index (χ1) is 11.2. The Balaban J connectivity index is 2.08. The van der Waals surface area contributed by atoms with Gasteiger partial charge in [0.25, 0.3) is 0 Å². The minimum Gasteiger partial charge on any atom is -0.354 e. The van der Waals surface area contributed by atoms with E-state index in [-0.39, 0.29) is 0 Å². The molecule has 2 rings (SSSR count). The van der Waals surface area contributed by atoms with Crippen LogP contribution in [0, 0.1) is 6.92 Å². The molecule has 0 amide bonds. The second kappa shape index (κ2) is 9.13. The van der Waals surface area contributed by atoms with Crippen molar-refractivity contribution in [2.24, 2.45) is 0 Å². The summed E-state index contributed by atoms with van der Waals surface area (Å²) in [4.78, 5) is 11.5. The molecule has 2 aromatic rings. The summed E-state index contributed by atoms with van der Waals surface area (Å²) in [5.74, 6) is 1.73. The molecule has 0 radical (unpaired) electrons. The van der Waals surface area contributed by atoms with E-state index in [0.717, 1.165) is 43.5 Å². The highest BCUT2D eigenvalue weighted by Crippen LogP contribution is 2.17. The fraction of sp³-hybridized carbons (Fsp3) is 0.474. The summed E-state index contributed by atoms with van der Waals surface area (Å²) in [6.07, 6.45) is 3.62. The van der Waals surface area contributed by atoms with Crippen molar-refractivity contribution in [3.63, 3.8) is 0 Å². The molecule has 4 nitrogen and oxygen atoms in total. The molecule has 0 atom stereocenters. The van der Waals surface area contributed by atoms with Gasteiger partial charge >= 0.3 is 0 Å². The van der Waals surface area contributed by atoms with Crippen molar-refractivity contribution in [1.82, 2.24) is 9.97 Å². The van der Waals surface area contributed by atoms with E-state index in [9.17, 15) is 0 Å². The van der Waals surface area contributed by atoms with Crippen LogP contribution in [0.4, 0.5) is 11.8 Å². The molecule has 1 heterocycles. The van der Waals surface area contributed by atoms with Gasteiger partial charge in [-0.2, -0.15) is 4.98 Å². The van der Waals surface area contributed by atoms with E-state index < -0.39 is 0 Å². The molecular weight excluding hydrogens is 284 g/mol. The van der Waals surface area contributed by atoms with Crippen LogP contribution in [0.15, 0.2) is 36.4 Å². The summed E-state index contributed by atoms with van der Waals surface area (Å²) >= 11 is 0. The van der Waals surface area contributed by atoms with Crippen molar-refractivity contribution in [2.45, 2.75) is 46.6 Å². The van der Waals surface area contributed by atoms with Crippen LogP contribution < -0.4 is 10.2 Å². The summed E-state index contributed by atoms with van der Waals surface area (Å²) in [6.45, 7) is 9.11. The van der Waals surface area contributed by atoms with Crippen LogP contribution in [0.3, 0.4) is 0 Å². The minimum atomic E-state index is 0.739. The van der Waals surface area contributed by atoms with Crippen LogP contribution in [0.1, 0.15) is 44.4 Å². The highest BCUT2D eigenvalue weighted by molar-refractivity contribution is 5.45. The number of rotatable bonds is 9. The fourth-order valence-electron chi connectivity index (χ4n) is 2.53. The van der Waals surface area contributed by atoms with E-state index in [1.165, 1.54) is 18.4 Å². The summed E-state index contributed by atoms with van der Waals surface area (Å²) < 4.78 is 0. The van der Waals surface area contributed by atoms with Gasteiger partial charge in [0.05, 0.1) is 0 Å². The van der Waals surface area contributed by atoms with Gasteiger partial charge in [0.2, 0.25) is 5.95 Å². The second-order valence-corrected chi connectivity index (χ2v) is 5.82. The third kappa shape index (κ3) is 5.55. The molecule has 1 aromatic carbocycles. The number of aryl methyl sites for hydroxylation is 1. The van der Waals surface area contributed by atoms with Crippen molar-refractivity contribution in [1.29, 1.82) is 0 Å². The molecule has 0 aliphatic carbocycles. The molecule has 0 aliphatic rings. The third-order valence-corrected chi connectivity index (χ3v) is 3.83. The van der Waals surface area contributed by atoms with Gasteiger partial charge in [-0.3, -0.25) is 0 Å². The van der Waals surface area contributed by atoms with Gasteiger partial charge in [-0.15, -0.1) is 0 Å². The van der Waals surface area contributed by atoms with Gasteiger partial charge in [-0.05, 0) is 25.8 Å². The lowest BCUT2D eigenvalue weighted by Crippen LogP contribution is -2.24. The summed E-state index contributed by atoms with van der Waals surface area (Å²) in [6, 6.07) is 12.6. The Kier molecular flexibility index (Phi) is 6.85. The molecule has 0 bridgehead atoms. The minimum absolute atomic E-state index is 0.739. The molecule has 0 saturated carbocycles. The van der Waals surface area contributed by atoms with Crippen molar-refractivity contribution in [2.75, 3.05) is 23.3 Å². The molecule has 4 heteroatoms. The lowest BCUT2D eigenvalue weighted by atomic mass is 10.2. The maximum atomic E-state index is 4.70. The van der Waals surface area contributed by atoms with Crippen molar-refractivity contribution in [3.05, 3.63) is 47.7 Å². The first kappa shape index (κ1) is 17.3. The van der Waals surface area contributed by atoms with Crippen LogP contribution in [0.5, 0.6) is 0 Å². The van der Waals surface area contributed by atoms with Gasteiger partial charge in [-0.25, -0.2) is 4.98 Å². The Labute approximate surface area is 140 Å². The number of anilines is 2. The first-order valence-corrected chi connectivity index (χ1v) is 8.61.